The number of carbonyl (C=O) groups is 1. The standard InChI is InChI=1S/C4H5BrClN3O/c5-3-2(7)1(6)4(10)9-8-3/h3,8H,7H2,(H,9,10). The molecule has 0 spiro atoms. The van der Waals surface area contributed by atoms with Crippen LogP contribution >= 0.6 is 27.5 Å². The Bertz CT molecular complexity index is 205. The van der Waals surface area contributed by atoms with Crippen molar-refractivity contribution in [1.29, 1.82) is 0 Å². The first-order valence-corrected chi connectivity index (χ1v) is 3.77. The molecule has 0 radical (unpaired) electrons. The van der Waals surface area contributed by atoms with Crippen LogP contribution in [-0.2, 0) is 4.79 Å². The zero-order chi connectivity index (χ0) is 7.72. The summed E-state index contributed by atoms with van der Waals surface area (Å²) in [5, 5.41) is 0.0284. The van der Waals surface area contributed by atoms with E-state index in [1.807, 2.05) is 0 Å². The van der Waals surface area contributed by atoms with E-state index in [4.69, 9.17) is 17.3 Å². The number of nitrogens with one attached hydrogen (secondary N) is 2. The minimum absolute atomic E-state index is 0.0284. The normalized spacial score (nSPS) is 26.6. The van der Waals surface area contributed by atoms with Crippen molar-refractivity contribution in [2.75, 3.05) is 0 Å². The largest absolute Gasteiger partial charge is 0.399 e. The average Bonchev–Trinajstić information content (AvgIpc) is 1.93. The molecule has 1 aliphatic heterocycles. The zero-order valence-electron chi connectivity index (χ0n) is 4.82. The number of hydrogen-bond acceptors (Lipinski definition) is 3. The van der Waals surface area contributed by atoms with E-state index in [0.717, 1.165) is 0 Å². The maximum Gasteiger partial charge on any atom is 0.278 e. The molecule has 0 saturated heterocycles. The van der Waals surface area contributed by atoms with Gasteiger partial charge in [0.1, 0.15) is 9.98 Å². The molecule has 0 bridgehead atoms. The highest BCUT2D eigenvalue weighted by atomic mass is 79.9. The van der Waals surface area contributed by atoms with Crippen LogP contribution in [0.3, 0.4) is 0 Å². The van der Waals surface area contributed by atoms with Crippen molar-refractivity contribution in [3.63, 3.8) is 0 Å². The molecule has 6 heteroatoms. The summed E-state index contributed by atoms with van der Waals surface area (Å²) >= 11 is 8.61. The molecule has 4 N–H and O–H groups in total. The fraction of sp³-hybridized carbons (Fsp3) is 0.250. The third kappa shape index (κ3) is 1.25. The van der Waals surface area contributed by atoms with Crippen molar-refractivity contribution in [2.45, 2.75) is 4.95 Å². The van der Waals surface area contributed by atoms with Gasteiger partial charge in [-0.2, -0.15) is 0 Å². The van der Waals surface area contributed by atoms with E-state index in [-0.39, 0.29) is 9.98 Å². The molecule has 1 aliphatic rings. The van der Waals surface area contributed by atoms with Gasteiger partial charge in [0.05, 0.1) is 5.70 Å². The molecule has 56 valence electrons. The van der Waals surface area contributed by atoms with Crippen LogP contribution in [0.25, 0.3) is 0 Å². The molecule has 0 aromatic rings. The lowest BCUT2D eigenvalue weighted by Crippen LogP contribution is -2.49. The third-order valence-corrected chi connectivity index (χ3v) is 2.15. The molecule has 0 aromatic carbocycles. The second-order valence-corrected chi connectivity index (χ2v) is 3.02. The number of rotatable bonds is 0. The maximum atomic E-state index is 10.7. The molecule has 0 saturated carbocycles. The molecule has 1 unspecified atom stereocenters. The summed E-state index contributed by atoms with van der Waals surface area (Å²) in [6.07, 6.45) is 0. The SMILES string of the molecule is NC1=C(Cl)C(=O)NNC1Br. The number of alkyl halides is 1. The van der Waals surface area contributed by atoms with Crippen molar-refractivity contribution in [2.24, 2.45) is 5.73 Å². The summed E-state index contributed by atoms with van der Waals surface area (Å²) < 4.78 is 0. The summed E-state index contributed by atoms with van der Waals surface area (Å²) in [7, 11) is 0. The van der Waals surface area contributed by atoms with Crippen LogP contribution in [0.5, 0.6) is 0 Å². The smallest absolute Gasteiger partial charge is 0.278 e. The average molecular weight is 226 g/mol. The van der Waals surface area contributed by atoms with E-state index in [9.17, 15) is 4.79 Å². The Hall–Kier alpha value is -0.260. The Morgan fingerprint density at radius 3 is 2.80 bits per heavy atom. The number of carbonyl (C=O) groups excluding carboxylic acids is 1. The van der Waals surface area contributed by atoms with E-state index >= 15 is 0 Å². The molecular weight excluding hydrogens is 221 g/mol. The zero-order valence-corrected chi connectivity index (χ0v) is 7.16. The van der Waals surface area contributed by atoms with E-state index in [0.29, 0.717) is 5.70 Å². The van der Waals surface area contributed by atoms with Crippen molar-refractivity contribution in [3.8, 4) is 0 Å². The number of hydrazine groups is 1. The van der Waals surface area contributed by atoms with Crippen LogP contribution in [0.2, 0.25) is 0 Å². The molecule has 1 atom stereocenters. The lowest BCUT2D eigenvalue weighted by molar-refractivity contribution is -0.118. The Morgan fingerprint density at radius 1 is 1.70 bits per heavy atom. The summed E-state index contributed by atoms with van der Waals surface area (Å²) in [5.74, 6) is -0.408. The number of hydrogen-bond donors (Lipinski definition) is 3. The molecular formula is C4H5BrClN3O. The number of amides is 1. The summed E-state index contributed by atoms with van der Waals surface area (Å²) in [5.41, 5.74) is 10.6. The van der Waals surface area contributed by atoms with Gasteiger partial charge in [0.15, 0.2) is 0 Å². The van der Waals surface area contributed by atoms with Gasteiger partial charge in [0.25, 0.3) is 5.91 Å². The van der Waals surface area contributed by atoms with Gasteiger partial charge in [0.2, 0.25) is 0 Å². The van der Waals surface area contributed by atoms with Crippen molar-refractivity contribution < 1.29 is 4.79 Å². The van der Waals surface area contributed by atoms with Gasteiger partial charge < -0.3 is 5.73 Å². The highest BCUT2D eigenvalue weighted by Gasteiger charge is 2.22. The second kappa shape index (κ2) is 2.77. The topological polar surface area (TPSA) is 67.2 Å². The van der Waals surface area contributed by atoms with Gasteiger partial charge in [-0.15, -0.1) is 0 Å². The lowest BCUT2D eigenvalue weighted by Gasteiger charge is -2.19. The van der Waals surface area contributed by atoms with E-state index < -0.39 is 5.91 Å². The van der Waals surface area contributed by atoms with Crippen LogP contribution < -0.4 is 16.6 Å². The predicted octanol–water partition coefficient (Wildman–Crippen LogP) is -0.249. The third-order valence-electron chi connectivity index (χ3n) is 1.04. The first-order valence-electron chi connectivity index (χ1n) is 2.48. The molecule has 4 nitrogen and oxygen atoms in total. The van der Waals surface area contributed by atoms with E-state index in [2.05, 4.69) is 26.8 Å². The molecule has 10 heavy (non-hydrogen) atoms. The van der Waals surface area contributed by atoms with Gasteiger partial charge in [-0.05, 0) is 0 Å². The van der Waals surface area contributed by atoms with Gasteiger partial charge >= 0.3 is 0 Å². The Morgan fingerprint density at radius 2 is 2.30 bits per heavy atom. The van der Waals surface area contributed by atoms with Crippen LogP contribution in [-0.4, -0.2) is 10.9 Å². The molecule has 0 aliphatic carbocycles. The molecule has 1 heterocycles. The summed E-state index contributed by atoms with van der Waals surface area (Å²) in [6.45, 7) is 0. The molecule has 1 amide bonds. The Kier molecular flexibility index (Phi) is 2.18. The quantitative estimate of drug-likeness (QED) is 0.394. The van der Waals surface area contributed by atoms with Crippen molar-refractivity contribution >= 4 is 33.4 Å². The lowest BCUT2D eigenvalue weighted by atomic mass is 10.3. The van der Waals surface area contributed by atoms with Gasteiger partial charge in [-0.3, -0.25) is 10.2 Å². The van der Waals surface area contributed by atoms with E-state index in [1.54, 1.807) is 0 Å². The first-order chi connectivity index (χ1) is 4.63. The Balaban J connectivity index is 2.92. The highest BCUT2D eigenvalue weighted by molar-refractivity contribution is 9.09. The van der Waals surface area contributed by atoms with Crippen LogP contribution in [0.15, 0.2) is 10.7 Å². The van der Waals surface area contributed by atoms with Crippen LogP contribution in [0.4, 0.5) is 0 Å². The highest BCUT2D eigenvalue weighted by Crippen LogP contribution is 2.15. The molecule has 0 aromatic heterocycles. The summed E-state index contributed by atoms with van der Waals surface area (Å²) in [6, 6.07) is 0. The monoisotopic (exact) mass is 225 g/mol. The molecule has 1 rings (SSSR count). The second-order valence-electron chi connectivity index (χ2n) is 1.73. The minimum Gasteiger partial charge on any atom is -0.399 e. The van der Waals surface area contributed by atoms with Crippen LogP contribution in [0.1, 0.15) is 0 Å². The van der Waals surface area contributed by atoms with Gasteiger partial charge in [0, 0.05) is 0 Å². The van der Waals surface area contributed by atoms with Crippen LogP contribution in [0, 0.1) is 0 Å². The number of nitrogens with two attached hydrogens (primary N) is 1. The first kappa shape index (κ1) is 7.84. The van der Waals surface area contributed by atoms with Crippen molar-refractivity contribution in [3.05, 3.63) is 10.7 Å². The van der Waals surface area contributed by atoms with Gasteiger partial charge in [-0.1, -0.05) is 27.5 Å². The Labute approximate surface area is 70.9 Å². The van der Waals surface area contributed by atoms with Crippen molar-refractivity contribution in [1.82, 2.24) is 10.9 Å². The summed E-state index contributed by atoms with van der Waals surface area (Å²) in [4.78, 5) is 10.4. The fourth-order valence-corrected chi connectivity index (χ4v) is 1.14. The maximum absolute atomic E-state index is 10.7. The van der Waals surface area contributed by atoms with Gasteiger partial charge in [-0.25, -0.2) is 5.43 Å². The predicted molar refractivity (Wildman–Crippen MR) is 41.1 cm³/mol. The fourth-order valence-electron chi connectivity index (χ4n) is 0.504. The molecule has 0 fully saturated rings. The number of halogens is 2. The van der Waals surface area contributed by atoms with E-state index in [1.165, 1.54) is 0 Å². The minimum atomic E-state index is -0.408.